The van der Waals surface area contributed by atoms with E-state index in [9.17, 15) is 9.59 Å². The molecule has 0 unspecified atom stereocenters. The maximum absolute atomic E-state index is 10.9. The van der Waals surface area contributed by atoms with Crippen molar-refractivity contribution in [1.29, 1.82) is 0 Å². The number of rotatable bonds is 2. The molecule has 1 heterocycles. The molecule has 4 nitrogen and oxygen atoms in total. The highest BCUT2D eigenvalue weighted by molar-refractivity contribution is 7.18. The average Bonchev–Trinajstić information content (AvgIpc) is 2.52. The molecule has 1 N–H and O–H groups in total. The van der Waals surface area contributed by atoms with E-state index in [4.69, 9.17) is 0 Å². The van der Waals surface area contributed by atoms with Gasteiger partial charge in [-0.2, -0.15) is 0 Å². The Morgan fingerprint density at radius 3 is 2.62 bits per heavy atom. The van der Waals surface area contributed by atoms with Crippen molar-refractivity contribution in [2.45, 2.75) is 6.92 Å². The van der Waals surface area contributed by atoms with Crippen LogP contribution in [0.15, 0.2) is 12.1 Å². The quantitative estimate of drug-likeness (QED) is 0.742. The summed E-state index contributed by atoms with van der Waals surface area (Å²) >= 11 is 1.22. The van der Waals surface area contributed by atoms with Gasteiger partial charge in [0.2, 0.25) is 0 Å². The first kappa shape index (κ1) is 9.73. The van der Waals surface area contributed by atoms with E-state index in [1.165, 1.54) is 25.4 Å². The van der Waals surface area contributed by atoms with Gasteiger partial charge in [0.1, 0.15) is 0 Å². The number of hydrogen-bond acceptors (Lipinski definition) is 4. The zero-order valence-electron chi connectivity index (χ0n) is 7.29. The van der Waals surface area contributed by atoms with Crippen molar-refractivity contribution >= 4 is 28.2 Å². The Balaban J connectivity index is 2.69. The third-order valence-electron chi connectivity index (χ3n) is 1.36. The summed E-state index contributed by atoms with van der Waals surface area (Å²) in [4.78, 5) is 22.2. The number of Topliss-reactive ketones (excluding diaryl/α,β-unsaturated/α-hetero) is 1. The first-order valence-electron chi connectivity index (χ1n) is 3.59. The fourth-order valence-electron chi connectivity index (χ4n) is 0.746. The molecule has 0 aromatic carbocycles. The number of methoxy groups -OCH3 is 1. The predicted octanol–water partition coefficient (Wildman–Crippen LogP) is 2.13. The maximum atomic E-state index is 10.9. The summed E-state index contributed by atoms with van der Waals surface area (Å²) in [5, 5.41) is 3.08. The van der Waals surface area contributed by atoms with E-state index in [2.05, 4.69) is 10.1 Å². The van der Waals surface area contributed by atoms with Crippen molar-refractivity contribution in [1.82, 2.24) is 0 Å². The first-order chi connectivity index (χ1) is 6.13. The minimum Gasteiger partial charge on any atom is -0.453 e. The smallest absolute Gasteiger partial charge is 0.411 e. The molecular weight excluding hydrogens is 190 g/mol. The number of ketones is 1. The molecule has 0 atom stereocenters. The summed E-state index contributed by atoms with van der Waals surface area (Å²) in [5.41, 5.74) is 0. The lowest BCUT2D eigenvalue weighted by molar-refractivity contribution is 0.102. The second kappa shape index (κ2) is 4.04. The monoisotopic (exact) mass is 199 g/mol. The zero-order valence-corrected chi connectivity index (χ0v) is 8.10. The van der Waals surface area contributed by atoms with E-state index in [1.54, 1.807) is 12.1 Å². The van der Waals surface area contributed by atoms with Crippen LogP contribution in [0.5, 0.6) is 0 Å². The average molecular weight is 199 g/mol. The lowest BCUT2D eigenvalue weighted by Crippen LogP contribution is -2.09. The van der Waals surface area contributed by atoms with Crippen LogP contribution in [0.3, 0.4) is 0 Å². The normalized spacial score (nSPS) is 9.38. The van der Waals surface area contributed by atoms with Gasteiger partial charge >= 0.3 is 6.09 Å². The first-order valence-corrected chi connectivity index (χ1v) is 4.41. The summed E-state index contributed by atoms with van der Waals surface area (Å²) < 4.78 is 4.40. The van der Waals surface area contributed by atoms with Crippen molar-refractivity contribution in [2.24, 2.45) is 0 Å². The molecule has 0 bridgehead atoms. The van der Waals surface area contributed by atoms with Gasteiger partial charge in [0.05, 0.1) is 17.0 Å². The van der Waals surface area contributed by atoms with Crippen LogP contribution in [-0.2, 0) is 4.74 Å². The summed E-state index contributed by atoms with van der Waals surface area (Å²) in [6, 6.07) is 3.33. The third-order valence-corrected chi connectivity index (χ3v) is 2.47. The van der Waals surface area contributed by atoms with Gasteiger partial charge in [0.25, 0.3) is 0 Å². The van der Waals surface area contributed by atoms with Crippen molar-refractivity contribution < 1.29 is 14.3 Å². The molecule has 70 valence electrons. The Labute approximate surface area is 79.5 Å². The molecule has 0 saturated carbocycles. The SMILES string of the molecule is COC(=O)Nc1ccc(C(C)=O)s1. The van der Waals surface area contributed by atoms with Crippen LogP contribution >= 0.6 is 11.3 Å². The molecule has 1 amide bonds. The Morgan fingerprint density at radius 2 is 2.15 bits per heavy atom. The fourth-order valence-corrected chi connectivity index (χ4v) is 1.53. The molecule has 13 heavy (non-hydrogen) atoms. The lowest BCUT2D eigenvalue weighted by atomic mass is 10.4. The highest BCUT2D eigenvalue weighted by Crippen LogP contribution is 2.22. The topological polar surface area (TPSA) is 55.4 Å². The Bertz CT molecular complexity index is 332. The Kier molecular flexibility index (Phi) is 3.02. The molecule has 0 aliphatic rings. The molecule has 0 radical (unpaired) electrons. The van der Waals surface area contributed by atoms with Gasteiger partial charge < -0.3 is 4.74 Å². The highest BCUT2D eigenvalue weighted by Gasteiger charge is 2.06. The minimum atomic E-state index is -0.531. The second-order valence-corrected chi connectivity index (χ2v) is 3.42. The van der Waals surface area contributed by atoms with Gasteiger partial charge in [-0.15, -0.1) is 11.3 Å². The van der Waals surface area contributed by atoms with Crippen molar-refractivity contribution in [3.63, 3.8) is 0 Å². The maximum Gasteiger partial charge on any atom is 0.411 e. The van der Waals surface area contributed by atoms with E-state index in [1.807, 2.05) is 0 Å². The Hall–Kier alpha value is -1.36. The molecule has 0 saturated heterocycles. The molecule has 1 aromatic heterocycles. The number of amides is 1. The summed E-state index contributed by atoms with van der Waals surface area (Å²) in [6.07, 6.45) is -0.531. The number of anilines is 1. The van der Waals surface area contributed by atoms with E-state index in [0.717, 1.165) is 0 Å². The predicted molar refractivity (Wildman–Crippen MR) is 50.4 cm³/mol. The molecule has 1 rings (SSSR count). The van der Waals surface area contributed by atoms with Gasteiger partial charge in [-0.05, 0) is 19.1 Å². The molecule has 5 heteroatoms. The van der Waals surface area contributed by atoms with E-state index in [0.29, 0.717) is 9.88 Å². The van der Waals surface area contributed by atoms with Crippen LogP contribution in [0.4, 0.5) is 9.80 Å². The van der Waals surface area contributed by atoms with E-state index < -0.39 is 6.09 Å². The summed E-state index contributed by atoms with van der Waals surface area (Å²) in [6.45, 7) is 1.48. The van der Waals surface area contributed by atoms with E-state index >= 15 is 0 Å². The molecule has 0 fully saturated rings. The van der Waals surface area contributed by atoms with E-state index in [-0.39, 0.29) is 5.78 Å². The molecule has 0 spiro atoms. The third kappa shape index (κ3) is 2.55. The fraction of sp³-hybridized carbons (Fsp3) is 0.250. The highest BCUT2D eigenvalue weighted by atomic mass is 32.1. The number of carbonyl (C=O) groups excluding carboxylic acids is 2. The van der Waals surface area contributed by atoms with Gasteiger partial charge in [-0.25, -0.2) is 4.79 Å². The van der Waals surface area contributed by atoms with Crippen LogP contribution in [0.1, 0.15) is 16.6 Å². The van der Waals surface area contributed by atoms with Crippen LogP contribution < -0.4 is 5.32 Å². The minimum absolute atomic E-state index is 0.0112. The Morgan fingerprint density at radius 1 is 1.46 bits per heavy atom. The molecular formula is C8H9NO3S. The number of nitrogens with one attached hydrogen (secondary N) is 1. The molecule has 0 aliphatic carbocycles. The molecule has 0 aliphatic heterocycles. The lowest BCUT2D eigenvalue weighted by Gasteiger charge is -1.97. The summed E-state index contributed by atoms with van der Waals surface area (Å²) in [5.74, 6) is -0.0112. The van der Waals surface area contributed by atoms with Crippen LogP contribution in [0.25, 0.3) is 0 Å². The van der Waals surface area contributed by atoms with Gasteiger partial charge in [-0.3, -0.25) is 10.1 Å². The molecule has 1 aromatic rings. The zero-order chi connectivity index (χ0) is 9.84. The van der Waals surface area contributed by atoms with Crippen molar-refractivity contribution in [3.05, 3.63) is 17.0 Å². The van der Waals surface area contributed by atoms with Crippen LogP contribution in [-0.4, -0.2) is 19.0 Å². The second-order valence-electron chi connectivity index (χ2n) is 2.34. The van der Waals surface area contributed by atoms with Crippen LogP contribution in [0.2, 0.25) is 0 Å². The number of thiophene rings is 1. The largest absolute Gasteiger partial charge is 0.453 e. The van der Waals surface area contributed by atoms with Crippen molar-refractivity contribution in [2.75, 3.05) is 12.4 Å². The van der Waals surface area contributed by atoms with Gasteiger partial charge in [-0.1, -0.05) is 0 Å². The van der Waals surface area contributed by atoms with Gasteiger partial charge in [0.15, 0.2) is 5.78 Å². The van der Waals surface area contributed by atoms with Gasteiger partial charge in [0, 0.05) is 0 Å². The number of ether oxygens (including phenoxy) is 1. The standard InChI is InChI=1S/C8H9NO3S/c1-5(10)6-3-4-7(13-6)9-8(11)12-2/h3-4H,1-2H3,(H,9,11). The van der Waals surface area contributed by atoms with Crippen molar-refractivity contribution in [3.8, 4) is 0 Å². The number of carbonyl (C=O) groups is 2. The van der Waals surface area contributed by atoms with Crippen LogP contribution in [0, 0.1) is 0 Å². The summed E-state index contributed by atoms with van der Waals surface area (Å²) in [7, 11) is 1.29. The number of hydrogen-bond donors (Lipinski definition) is 1.